The Kier molecular flexibility index (Phi) is 8.67. The maximum absolute atomic E-state index is 12.2. The number of hydrogen-bond donors (Lipinski definition) is 2. The third kappa shape index (κ3) is 6.78. The van der Waals surface area contributed by atoms with Crippen LogP contribution in [0.3, 0.4) is 0 Å². The van der Waals surface area contributed by atoms with Crippen molar-refractivity contribution in [3.8, 4) is 0 Å². The first-order valence-corrected chi connectivity index (χ1v) is 12.0. The van der Waals surface area contributed by atoms with Gasteiger partial charge in [-0.3, -0.25) is 4.79 Å². The van der Waals surface area contributed by atoms with Crippen LogP contribution in [0.4, 0.5) is 5.82 Å². The molecule has 1 amide bonds. The van der Waals surface area contributed by atoms with Crippen LogP contribution < -0.4 is 15.1 Å². The number of hydrogen-bond acceptors (Lipinski definition) is 5. The fraction of sp³-hybridized carbons (Fsp3) is 0.750. The first kappa shape index (κ1) is 21.7. The molecule has 156 valence electrons. The van der Waals surface area contributed by atoms with Gasteiger partial charge in [-0.2, -0.15) is 0 Å². The summed E-state index contributed by atoms with van der Waals surface area (Å²) in [5.41, 5.74) is 0. The molecular formula is C20H33ClN5OS+. The lowest BCUT2D eigenvalue weighted by molar-refractivity contribution is -0.903. The molecule has 1 aromatic rings. The Bertz CT molecular complexity index is 635. The highest BCUT2D eigenvalue weighted by atomic mass is 35.5. The number of thioether (sulfide) groups is 1. The van der Waals surface area contributed by atoms with Gasteiger partial charge in [-0.05, 0) is 32.1 Å². The number of halogens is 1. The van der Waals surface area contributed by atoms with Gasteiger partial charge < -0.3 is 15.1 Å². The average molecular weight is 427 g/mol. The van der Waals surface area contributed by atoms with Gasteiger partial charge in [-0.1, -0.05) is 42.6 Å². The summed E-state index contributed by atoms with van der Waals surface area (Å²) in [4.78, 5) is 24.9. The number of amides is 1. The van der Waals surface area contributed by atoms with Crippen molar-refractivity contribution in [1.29, 1.82) is 0 Å². The van der Waals surface area contributed by atoms with Crippen LogP contribution >= 0.6 is 23.4 Å². The molecule has 1 aliphatic carbocycles. The van der Waals surface area contributed by atoms with E-state index in [1.54, 1.807) is 4.90 Å². The van der Waals surface area contributed by atoms with Crippen molar-refractivity contribution in [2.24, 2.45) is 0 Å². The van der Waals surface area contributed by atoms with E-state index in [4.69, 9.17) is 11.6 Å². The second-order valence-electron chi connectivity index (χ2n) is 7.93. The van der Waals surface area contributed by atoms with E-state index in [-0.39, 0.29) is 5.91 Å². The molecule has 0 aromatic carbocycles. The smallest absolute Gasteiger partial charge is 0.230 e. The van der Waals surface area contributed by atoms with Crippen LogP contribution in [0.1, 0.15) is 51.4 Å². The van der Waals surface area contributed by atoms with E-state index in [0.717, 1.165) is 18.9 Å². The summed E-state index contributed by atoms with van der Waals surface area (Å²) in [6, 6.07) is 2.33. The van der Waals surface area contributed by atoms with Gasteiger partial charge in [0.2, 0.25) is 5.91 Å². The van der Waals surface area contributed by atoms with Crippen molar-refractivity contribution < 1.29 is 9.69 Å². The maximum Gasteiger partial charge on any atom is 0.230 e. The highest BCUT2D eigenvalue weighted by Crippen LogP contribution is 2.27. The van der Waals surface area contributed by atoms with Crippen molar-refractivity contribution >= 4 is 35.1 Å². The summed E-state index contributed by atoms with van der Waals surface area (Å²) in [7, 11) is 2.08. The number of likely N-dealkylation sites (tertiary alicyclic amines) is 1. The molecule has 0 radical (unpaired) electrons. The minimum Gasteiger partial charge on any atom is -0.357 e. The van der Waals surface area contributed by atoms with Gasteiger partial charge in [0, 0.05) is 19.2 Å². The Morgan fingerprint density at radius 2 is 1.93 bits per heavy atom. The monoisotopic (exact) mass is 426 g/mol. The van der Waals surface area contributed by atoms with Crippen molar-refractivity contribution in [2.45, 2.75) is 62.6 Å². The molecule has 2 fully saturated rings. The average Bonchev–Trinajstić information content (AvgIpc) is 2.73. The molecule has 3 rings (SSSR count). The number of nitrogens with zero attached hydrogens (tertiary/aromatic N) is 3. The van der Waals surface area contributed by atoms with E-state index < -0.39 is 0 Å². The first-order valence-electron chi connectivity index (χ1n) is 10.6. The third-order valence-corrected chi connectivity index (χ3v) is 6.88. The molecule has 1 saturated heterocycles. The first-order chi connectivity index (χ1) is 13.6. The van der Waals surface area contributed by atoms with Gasteiger partial charge in [0.25, 0.3) is 0 Å². The fourth-order valence-electron chi connectivity index (χ4n) is 4.15. The number of nitrogens with one attached hydrogen (secondary N) is 2. The van der Waals surface area contributed by atoms with Crippen LogP contribution in [0, 0.1) is 0 Å². The minimum atomic E-state index is 0.0344. The Morgan fingerprint density at radius 1 is 1.21 bits per heavy atom. The van der Waals surface area contributed by atoms with Crippen molar-refractivity contribution in [3.05, 3.63) is 11.2 Å². The predicted octanol–water partition coefficient (Wildman–Crippen LogP) is 2.18. The van der Waals surface area contributed by atoms with Gasteiger partial charge in [-0.15, -0.1) is 0 Å². The van der Waals surface area contributed by atoms with E-state index in [9.17, 15) is 4.79 Å². The van der Waals surface area contributed by atoms with Gasteiger partial charge in [0.1, 0.15) is 11.0 Å². The van der Waals surface area contributed by atoms with E-state index in [0.29, 0.717) is 22.1 Å². The zero-order chi connectivity index (χ0) is 19.8. The molecule has 0 bridgehead atoms. The van der Waals surface area contributed by atoms with Crippen LogP contribution in [-0.4, -0.2) is 60.9 Å². The summed E-state index contributed by atoms with van der Waals surface area (Å²) in [6.45, 7) is 4.22. The van der Waals surface area contributed by atoms with Crippen LogP contribution in [0.25, 0.3) is 0 Å². The standard InChI is InChI=1S/C20H32ClN5OS/c1-25(16-8-4-2-5-9-16)18-14-17(21)23-20(24-18)28-15-19(27)22-10-13-26-11-6-3-7-12-26/h14,16H,2-13,15H2,1H3,(H,22,27)/p+1. The lowest BCUT2D eigenvalue weighted by Crippen LogP contribution is -3.13. The van der Waals surface area contributed by atoms with Gasteiger partial charge in [0.05, 0.1) is 31.9 Å². The summed E-state index contributed by atoms with van der Waals surface area (Å²) < 4.78 is 0. The van der Waals surface area contributed by atoms with E-state index in [2.05, 4.69) is 27.2 Å². The number of quaternary nitrogens is 1. The molecular weight excluding hydrogens is 394 g/mol. The molecule has 1 saturated carbocycles. The normalized spacial score (nSPS) is 18.8. The van der Waals surface area contributed by atoms with Gasteiger partial charge >= 0.3 is 0 Å². The largest absolute Gasteiger partial charge is 0.357 e. The zero-order valence-corrected chi connectivity index (χ0v) is 18.5. The summed E-state index contributed by atoms with van der Waals surface area (Å²) in [5.74, 6) is 1.21. The predicted molar refractivity (Wildman–Crippen MR) is 115 cm³/mol. The molecule has 2 aliphatic rings. The lowest BCUT2D eigenvalue weighted by atomic mass is 9.94. The molecule has 0 spiro atoms. The topological polar surface area (TPSA) is 62.6 Å². The third-order valence-electron chi connectivity index (χ3n) is 5.84. The fourth-order valence-corrected chi connectivity index (χ4v) is 5.06. The summed E-state index contributed by atoms with van der Waals surface area (Å²) in [5, 5.41) is 4.03. The molecule has 1 aromatic heterocycles. The number of piperidine rings is 1. The lowest BCUT2D eigenvalue weighted by Gasteiger charge is -2.32. The number of aromatic nitrogens is 2. The van der Waals surface area contributed by atoms with Gasteiger partial charge in [0.15, 0.2) is 5.16 Å². The summed E-state index contributed by atoms with van der Waals surface area (Å²) in [6.07, 6.45) is 10.2. The summed E-state index contributed by atoms with van der Waals surface area (Å²) >= 11 is 7.58. The molecule has 0 unspecified atom stereocenters. The Hall–Kier alpha value is -1.05. The molecule has 1 aliphatic heterocycles. The van der Waals surface area contributed by atoms with Gasteiger partial charge in [-0.25, -0.2) is 9.97 Å². The molecule has 6 nitrogen and oxygen atoms in total. The van der Waals surface area contributed by atoms with Crippen LogP contribution in [0.15, 0.2) is 11.2 Å². The van der Waals surface area contributed by atoms with E-state index >= 15 is 0 Å². The highest BCUT2D eigenvalue weighted by molar-refractivity contribution is 7.99. The van der Waals surface area contributed by atoms with Crippen LogP contribution in [0.2, 0.25) is 5.15 Å². The molecule has 2 heterocycles. The minimum absolute atomic E-state index is 0.0344. The molecule has 28 heavy (non-hydrogen) atoms. The molecule has 0 atom stereocenters. The SMILES string of the molecule is CN(c1cc(Cl)nc(SCC(=O)NCC[NH+]2CCCCC2)n1)C1CCCCC1. The molecule has 2 N–H and O–H groups in total. The second-order valence-corrected chi connectivity index (χ2v) is 9.26. The number of carbonyl (C=O) groups is 1. The van der Waals surface area contributed by atoms with Crippen LogP contribution in [0.5, 0.6) is 0 Å². The maximum atomic E-state index is 12.2. The van der Waals surface area contributed by atoms with E-state index in [1.807, 2.05) is 6.07 Å². The second kappa shape index (κ2) is 11.2. The van der Waals surface area contributed by atoms with Crippen LogP contribution in [-0.2, 0) is 4.79 Å². The number of carbonyl (C=O) groups excluding carboxylic acids is 1. The Morgan fingerprint density at radius 3 is 2.68 bits per heavy atom. The number of anilines is 1. The molecule has 8 heteroatoms. The Labute approximate surface area is 177 Å². The highest BCUT2D eigenvalue weighted by Gasteiger charge is 2.20. The van der Waals surface area contributed by atoms with Crippen molar-refractivity contribution in [3.63, 3.8) is 0 Å². The zero-order valence-electron chi connectivity index (χ0n) is 16.9. The Balaban J connectivity index is 1.45. The van der Waals surface area contributed by atoms with Crippen molar-refractivity contribution in [2.75, 3.05) is 43.9 Å². The van der Waals surface area contributed by atoms with Crippen molar-refractivity contribution in [1.82, 2.24) is 15.3 Å². The number of rotatable bonds is 8. The quantitative estimate of drug-likeness (QED) is 0.379. The van der Waals surface area contributed by atoms with E-state index in [1.165, 1.54) is 76.2 Å².